The number of aromatic nitrogens is 1. The van der Waals surface area contributed by atoms with Crippen molar-refractivity contribution in [3.63, 3.8) is 0 Å². The van der Waals surface area contributed by atoms with Gasteiger partial charge < -0.3 is 14.2 Å². The molecule has 0 saturated carbocycles. The van der Waals surface area contributed by atoms with Gasteiger partial charge in [0.2, 0.25) is 6.79 Å². The summed E-state index contributed by atoms with van der Waals surface area (Å²) in [5.41, 5.74) is 1.30. The molecule has 0 bridgehead atoms. The third-order valence-corrected chi connectivity index (χ3v) is 4.23. The van der Waals surface area contributed by atoms with Gasteiger partial charge >= 0.3 is 0 Å². The number of pyridine rings is 1. The van der Waals surface area contributed by atoms with Crippen molar-refractivity contribution in [3.8, 4) is 28.5 Å². The van der Waals surface area contributed by atoms with Gasteiger partial charge in [-0.05, 0) is 18.2 Å². The van der Waals surface area contributed by atoms with Crippen LogP contribution in [-0.2, 0) is 9.84 Å². The van der Waals surface area contributed by atoms with E-state index in [1.54, 1.807) is 25.3 Å². The topological polar surface area (TPSA) is 74.7 Å². The molecule has 110 valence electrons. The van der Waals surface area contributed by atoms with Crippen LogP contribution in [0, 0.1) is 0 Å². The van der Waals surface area contributed by atoms with E-state index in [0.717, 1.165) is 6.26 Å². The summed E-state index contributed by atoms with van der Waals surface area (Å²) in [7, 11) is -1.72. The maximum atomic E-state index is 11.5. The van der Waals surface area contributed by atoms with E-state index in [2.05, 4.69) is 4.98 Å². The van der Waals surface area contributed by atoms with E-state index >= 15 is 0 Å². The molecule has 1 aliphatic rings. The van der Waals surface area contributed by atoms with Crippen molar-refractivity contribution in [2.45, 2.75) is 4.90 Å². The molecule has 2 heterocycles. The predicted molar refractivity (Wildman–Crippen MR) is 75.5 cm³/mol. The minimum Gasteiger partial charge on any atom is -0.496 e. The molecular weight excluding hydrogens is 294 g/mol. The van der Waals surface area contributed by atoms with E-state index in [1.807, 2.05) is 0 Å². The van der Waals surface area contributed by atoms with E-state index in [1.165, 1.54) is 12.3 Å². The van der Waals surface area contributed by atoms with Gasteiger partial charge in [0.1, 0.15) is 5.75 Å². The van der Waals surface area contributed by atoms with Crippen LogP contribution in [0.1, 0.15) is 0 Å². The molecule has 3 rings (SSSR count). The van der Waals surface area contributed by atoms with Crippen molar-refractivity contribution >= 4 is 9.84 Å². The van der Waals surface area contributed by atoms with Gasteiger partial charge in [0.05, 0.1) is 17.7 Å². The Labute approximate surface area is 122 Å². The molecule has 0 spiro atoms. The van der Waals surface area contributed by atoms with Crippen molar-refractivity contribution in [3.05, 3.63) is 30.5 Å². The van der Waals surface area contributed by atoms with E-state index < -0.39 is 9.84 Å². The number of rotatable bonds is 3. The summed E-state index contributed by atoms with van der Waals surface area (Å²) in [6, 6.07) is 6.64. The van der Waals surface area contributed by atoms with Gasteiger partial charge in [0, 0.05) is 24.1 Å². The van der Waals surface area contributed by atoms with Crippen molar-refractivity contribution in [2.75, 3.05) is 20.2 Å². The molecule has 1 aromatic carbocycles. The van der Waals surface area contributed by atoms with Gasteiger partial charge in [0.25, 0.3) is 0 Å². The highest BCUT2D eigenvalue weighted by Crippen LogP contribution is 2.41. The molecule has 21 heavy (non-hydrogen) atoms. The number of ether oxygens (including phenoxy) is 3. The summed E-state index contributed by atoms with van der Waals surface area (Å²) in [6.45, 7) is 0.169. The third-order valence-electron chi connectivity index (χ3n) is 3.14. The zero-order valence-corrected chi connectivity index (χ0v) is 12.3. The summed E-state index contributed by atoms with van der Waals surface area (Å²) < 4.78 is 38.9. The van der Waals surface area contributed by atoms with Gasteiger partial charge in [-0.25, -0.2) is 8.42 Å². The van der Waals surface area contributed by atoms with Gasteiger partial charge in [-0.2, -0.15) is 0 Å². The van der Waals surface area contributed by atoms with Crippen LogP contribution in [0.25, 0.3) is 11.3 Å². The van der Waals surface area contributed by atoms with Crippen LogP contribution in [0.15, 0.2) is 35.4 Å². The molecule has 0 radical (unpaired) electrons. The molecule has 6 nitrogen and oxygen atoms in total. The minimum atomic E-state index is -3.27. The highest BCUT2D eigenvalue weighted by molar-refractivity contribution is 7.90. The van der Waals surface area contributed by atoms with Gasteiger partial charge in [0.15, 0.2) is 21.3 Å². The molecule has 0 N–H and O–H groups in total. The lowest BCUT2D eigenvalue weighted by molar-refractivity contribution is 0.174. The third kappa shape index (κ3) is 2.52. The normalized spacial score (nSPS) is 13.2. The van der Waals surface area contributed by atoms with Crippen LogP contribution in [0.2, 0.25) is 0 Å². The Balaban J connectivity index is 2.08. The monoisotopic (exact) mass is 307 g/mol. The van der Waals surface area contributed by atoms with Gasteiger partial charge in [-0.15, -0.1) is 0 Å². The number of nitrogens with zero attached hydrogens (tertiary/aromatic N) is 1. The second-order valence-electron chi connectivity index (χ2n) is 4.56. The number of hydrogen-bond acceptors (Lipinski definition) is 6. The first-order chi connectivity index (χ1) is 9.99. The molecule has 0 amide bonds. The minimum absolute atomic E-state index is 0.169. The standard InChI is InChI=1S/C14H13NO5S/c1-18-12-6-14-13(19-8-20-14)5-10(12)11-4-3-9(7-15-11)21(2,16)17/h3-7H,8H2,1-2H3. The fourth-order valence-electron chi connectivity index (χ4n) is 2.05. The van der Waals surface area contributed by atoms with E-state index in [4.69, 9.17) is 14.2 Å². The first-order valence-electron chi connectivity index (χ1n) is 6.13. The molecule has 0 fully saturated rings. The molecule has 0 saturated heterocycles. The molecule has 1 aromatic heterocycles. The molecule has 2 aromatic rings. The maximum Gasteiger partial charge on any atom is 0.231 e. The number of fused-ring (bicyclic) bond motifs is 1. The number of hydrogen-bond donors (Lipinski definition) is 0. The SMILES string of the molecule is COc1cc2c(cc1-c1ccc(S(C)(=O)=O)cn1)OCO2. The lowest BCUT2D eigenvalue weighted by atomic mass is 10.1. The average molecular weight is 307 g/mol. The van der Waals surface area contributed by atoms with Crippen LogP contribution in [0.3, 0.4) is 0 Å². The maximum absolute atomic E-state index is 11.5. The van der Waals surface area contributed by atoms with Crippen LogP contribution >= 0.6 is 0 Å². The molecule has 0 aliphatic carbocycles. The lowest BCUT2D eigenvalue weighted by Crippen LogP contribution is -1.98. The van der Waals surface area contributed by atoms with Gasteiger partial charge in [-0.1, -0.05) is 0 Å². The first-order valence-corrected chi connectivity index (χ1v) is 8.02. The second kappa shape index (κ2) is 4.92. The summed E-state index contributed by atoms with van der Waals surface area (Å²) in [4.78, 5) is 4.37. The second-order valence-corrected chi connectivity index (χ2v) is 6.57. The Morgan fingerprint density at radius 3 is 2.48 bits per heavy atom. The Morgan fingerprint density at radius 1 is 1.19 bits per heavy atom. The Kier molecular flexibility index (Phi) is 3.21. The molecule has 1 aliphatic heterocycles. The fourth-order valence-corrected chi connectivity index (χ4v) is 2.61. The summed E-state index contributed by atoms with van der Waals surface area (Å²) in [6.07, 6.45) is 2.47. The Bertz CT molecular complexity index is 784. The fraction of sp³-hybridized carbons (Fsp3) is 0.214. The highest BCUT2D eigenvalue weighted by atomic mass is 32.2. The van der Waals surface area contributed by atoms with Crippen molar-refractivity contribution in [1.82, 2.24) is 4.98 Å². The largest absolute Gasteiger partial charge is 0.496 e. The van der Waals surface area contributed by atoms with Crippen molar-refractivity contribution < 1.29 is 22.6 Å². The Hall–Kier alpha value is -2.28. The average Bonchev–Trinajstić information content (AvgIpc) is 2.92. The number of benzene rings is 1. The summed E-state index contributed by atoms with van der Waals surface area (Å²) >= 11 is 0. The van der Waals surface area contributed by atoms with E-state index in [0.29, 0.717) is 28.5 Å². The first kappa shape index (κ1) is 13.7. The van der Waals surface area contributed by atoms with Crippen LogP contribution in [0.5, 0.6) is 17.2 Å². The molecule has 7 heteroatoms. The van der Waals surface area contributed by atoms with Crippen molar-refractivity contribution in [1.29, 1.82) is 0 Å². The lowest BCUT2D eigenvalue weighted by Gasteiger charge is -2.09. The molecular formula is C14H13NO5S. The van der Waals surface area contributed by atoms with Crippen molar-refractivity contribution in [2.24, 2.45) is 0 Å². The quantitative estimate of drug-likeness (QED) is 0.862. The Morgan fingerprint density at radius 2 is 1.90 bits per heavy atom. The van der Waals surface area contributed by atoms with Crippen LogP contribution in [-0.4, -0.2) is 33.6 Å². The predicted octanol–water partition coefficient (Wildman–Crippen LogP) is 1.89. The number of sulfone groups is 1. The smallest absolute Gasteiger partial charge is 0.231 e. The van der Waals surface area contributed by atoms with Crippen LogP contribution < -0.4 is 14.2 Å². The summed E-state index contributed by atoms with van der Waals surface area (Å²) in [5.74, 6) is 1.81. The zero-order chi connectivity index (χ0) is 15.0. The highest BCUT2D eigenvalue weighted by Gasteiger charge is 2.19. The van der Waals surface area contributed by atoms with E-state index in [9.17, 15) is 8.42 Å². The van der Waals surface area contributed by atoms with Crippen LogP contribution in [0.4, 0.5) is 0 Å². The summed E-state index contributed by atoms with van der Waals surface area (Å²) in [5, 5.41) is 0. The van der Waals surface area contributed by atoms with Gasteiger partial charge in [-0.3, -0.25) is 4.98 Å². The number of methoxy groups -OCH3 is 1. The van der Waals surface area contributed by atoms with E-state index in [-0.39, 0.29) is 11.7 Å². The zero-order valence-electron chi connectivity index (χ0n) is 11.5. The molecule has 0 unspecified atom stereocenters. The molecule has 0 atom stereocenters.